The zero-order valence-corrected chi connectivity index (χ0v) is 18.0. The lowest BCUT2D eigenvalue weighted by atomic mass is 10.1. The van der Waals surface area contributed by atoms with Crippen molar-refractivity contribution in [3.63, 3.8) is 0 Å². The van der Waals surface area contributed by atoms with Gasteiger partial charge in [-0.05, 0) is 50.3 Å². The van der Waals surface area contributed by atoms with Crippen LogP contribution in [0.1, 0.15) is 29.9 Å². The lowest BCUT2D eigenvalue weighted by molar-refractivity contribution is -0.131. The number of aromatic nitrogens is 3. The standard InChI is InChI=1S/C21H24N4OS2/c1-4-25-19(16-7-5-6-14(2)12-16)22-23-21(25)28-15(3)20(26)24-10-8-18-17(13-24)9-11-27-18/h5-7,9,11-12,15H,4,8,10,13H2,1-3H3. The Morgan fingerprint density at radius 2 is 2.18 bits per heavy atom. The van der Waals surface area contributed by atoms with Crippen molar-refractivity contribution in [1.82, 2.24) is 19.7 Å². The van der Waals surface area contributed by atoms with Crippen molar-refractivity contribution in [2.24, 2.45) is 0 Å². The van der Waals surface area contributed by atoms with Gasteiger partial charge in [0, 0.05) is 30.1 Å². The summed E-state index contributed by atoms with van der Waals surface area (Å²) in [6, 6.07) is 10.4. The van der Waals surface area contributed by atoms with Crippen LogP contribution < -0.4 is 0 Å². The Morgan fingerprint density at radius 3 is 2.96 bits per heavy atom. The maximum absolute atomic E-state index is 13.0. The van der Waals surface area contributed by atoms with Gasteiger partial charge in [-0.2, -0.15) is 0 Å². The monoisotopic (exact) mass is 412 g/mol. The molecule has 0 saturated heterocycles. The van der Waals surface area contributed by atoms with E-state index in [0.29, 0.717) is 0 Å². The molecule has 1 unspecified atom stereocenters. The third-order valence-electron chi connectivity index (χ3n) is 5.06. The zero-order valence-electron chi connectivity index (χ0n) is 16.4. The summed E-state index contributed by atoms with van der Waals surface area (Å²) in [6.07, 6.45) is 0.957. The van der Waals surface area contributed by atoms with Crippen molar-refractivity contribution in [2.75, 3.05) is 6.54 Å². The third kappa shape index (κ3) is 3.73. The van der Waals surface area contributed by atoms with E-state index in [9.17, 15) is 4.79 Å². The lowest BCUT2D eigenvalue weighted by Crippen LogP contribution is -2.39. The number of fused-ring (bicyclic) bond motifs is 1. The molecule has 1 atom stereocenters. The first-order valence-corrected chi connectivity index (χ1v) is 11.3. The van der Waals surface area contributed by atoms with Crippen LogP contribution in [0.4, 0.5) is 0 Å². The molecule has 0 spiro atoms. The van der Waals surface area contributed by atoms with E-state index in [4.69, 9.17) is 0 Å². The fourth-order valence-corrected chi connectivity index (χ4v) is 5.45. The van der Waals surface area contributed by atoms with Crippen molar-refractivity contribution in [3.05, 3.63) is 51.7 Å². The molecule has 0 radical (unpaired) electrons. The molecule has 7 heteroatoms. The molecule has 1 aliphatic rings. The molecular weight excluding hydrogens is 388 g/mol. The van der Waals surface area contributed by atoms with Crippen LogP contribution in [-0.2, 0) is 24.3 Å². The van der Waals surface area contributed by atoms with E-state index in [2.05, 4.69) is 58.3 Å². The predicted octanol–water partition coefficient (Wildman–Crippen LogP) is 4.40. The van der Waals surface area contributed by atoms with Crippen molar-refractivity contribution >= 4 is 29.0 Å². The van der Waals surface area contributed by atoms with Gasteiger partial charge in [-0.1, -0.05) is 35.5 Å². The summed E-state index contributed by atoms with van der Waals surface area (Å²) < 4.78 is 2.09. The molecular formula is C21H24N4OS2. The number of nitrogens with zero attached hydrogens (tertiary/aromatic N) is 4. The van der Waals surface area contributed by atoms with Crippen molar-refractivity contribution in [2.45, 2.75) is 50.7 Å². The highest BCUT2D eigenvalue weighted by Crippen LogP contribution is 2.30. The molecule has 5 nitrogen and oxygen atoms in total. The highest BCUT2D eigenvalue weighted by atomic mass is 32.2. The number of carbonyl (C=O) groups excluding carboxylic acids is 1. The van der Waals surface area contributed by atoms with E-state index in [1.54, 1.807) is 11.3 Å². The second-order valence-electron chi connectivity index (χ2n) is 7.06. The van der Waals surface area contributed by atoms with Gasteiger partial charge in [-0.3, -0.25) is 4.79 Å². The number of amides is 1. The molecule has 0 N–H and O–H groups in total. The normalized spacial score (nSPS) is 14.8. The number of hydrogen-bond acceptors (Lipinski definition) is 5. The van der Waals surface area contributed by atoms with Gasteiger partial charge in [0.15, 0.2) is 11.0 Å². The van der Waals surface area contributed by atoms with Gasteiger partial charge in [-0.15, -0.1) is 21.5 Å². The summed E-state index contributed by atoms with van der Waals surface area (Å²) >= 11 is 3.29. The van der Waals surface area contributed by atoms with Crippen LogP contribution >= 0.6 is 23.1 Å². The number of benzene rings is 1. The van der Waals surface area contributed by atoms with E-state index in [-0.39, 0.29) is 11.2 Å². The van der Waals surface area contributed by atoms with Crippen LogP contribution in [0.5, 0.6) is 0 Å². The molecule has 0 saturated carbocycles. The number of thioether (sulfide) groups is 1. The van der Waals surface area contributed by atoms with Crippen LogP contribution in [0.3, 0.4) is 0 Å². The molecule has 0 aliphatic carbocycles. The van der Waals surface area contributed by atoms with Crippen LogP contribution in [0.15, 0.2) is 40.9 Å². The summed E-state index contributed by atoms with van der Waals surface area (Å²) in [7, 11) is 0. The first-order valence-electron chi connectivity index (χ1n) is 9.57. The van der Waals surface area contributed by atoms with Crippen molar-refractivity contribution < 1.29 is 4.79 Å². The highest BCUT2D eigenvalue weighted by molar-refractivity contribution is 8.00. The van der Waals surface area contributed by atoms with Crippen LogP contribution in [0, 0.1) is 6.92 Å². The molecule has 1 amide bonds. The summed E-state index contributed by atoms with van der Waals surface area (Å²) in [5, 5.41) is 11.5. The smallest absolute Gasteiger partial charge is 0.236 e. The van der Waals surface area contributed by atoms with E-state index in [1.165, 1.54) is 27.8 Å². The molecule has 3 heterocycles. The lowest BCUT2D eigenvalue weighted by Gasteiger charge is -2.29. The number of carbonyl (C=O) groups is 1. The van der Waals surface area contributed by atoms with Crippen LogP contribution in [-0.4, -0.2) is 37.4 Å². The van der Waals surface area contributed by atoms with Crippen LogP contribution in [0.2, 0.25) is 0 Å². The maximum Gasteiger partial charge on any atom is 0.236 e. The van der Waals surface area contributed by atoms with E-state index < -0.39 is 0 Å². The predicted molar refractivity (Wildman–Crippen MR) is 115 cm³/mol. The fourth-order valence-electron chi connectivity index (χ4n) is 3.56. The minimum absolute atomic E-state index is 0.171. The Balaban J connectivity index is 1.50. The Labute approximate surface area is 173 Å². The van der Waals surface area contributed by atoms with Gasteiger partial charge >= 0.3 is 0 Å². The minimum atomic E-state index is -0.194. The third-order valence-corrected chi connectivity index (χ3v) is 7.15. The zero-order chi connectivity index (χ0) is 19.7. The van der Waals surface area contributed by atoms with Gasteiger partial charge in [0.1, 0.15) is 0 Å². The molecule has 0 fully saturated rings. The van der Waals surface area contributed by atoms with Gasteiger partial charge in [-0.25, -0.2) is 0 Å². The summed E-state index contributed by atoms with van der Waals surface area (Å²) in [4.78, 5) is 16.4. The fraction of sp³-hybridized carbons (Fsp3) is 0.381. The Hall–Kier alpha value is -2.12. The molecule has 4 rings (SSSR count). The van der Waals surface area contributed by atoms with Crippen molar-refractivity contribution in [1.29, 1.82) is 0 Å². The number of aryl methyl sites for hydroxylation is 1. The second-order valence-corrected chi connectivity index (χ2v) is 9.37. The molecule has 2 aromatic heterocycles. The molecule has 1 aromatic carbocycles. The minimum Gasteiger partial charge on any atom is -0.337 e. The van der Waals surface area contributed by atoms with Crippen LogP contribution in [0.25, 0.3) is 11.4 Å². The van der Waals surface area contributed by atoms with E-state index in [1.807, 2.05) is 17.9 Å². The quantitative estimate of drug-likeness (QED) is 0.583. The largest absolute Gasteiger partial charge is 0.337 e. The number of hydrogen-bond donors (Lipinski definition) is 0. The molecule has 1 aliphatic heterocycles. The molecule has 0 bridgehead atoms. The number of rotatable bonds is 5. The van der Waals surface area contributed by atoms with E-state index in [0.717, 1.165) is 42.6 Å². The maximum atomic E-state index is 13.0. The number of thiophene rings is 1. The SMILES string of the molecule is CCn1c(SC(C)C(=O)N2CCc3sccc3C2)nnc1-c1cccc(C)c1. The first kappa shape index (κ1) is 19.2. The van der Waals surface area contributed by atoms with Crippen molar-refractivity contribution in [3.8, 4) is 11.4 Å². The summed E-state index contributed by atoms with van der Waals surface area (Å²) in [5.74, 6) is 1.03. The second kappa shape index (κ2) is 8.09. The highest BCUT2D eigenvalue weighted by Gasteiger charge is 2.27. The Morgan fingerprint density at radius 1 is 1.32 bits per heavy atom. The van der Waals surface area contributed by atoms with Gasteiger partial charge in [0.2, 0.25) is 5.91 Å². The van der Waals surface area contributed by atoms with Gasteiger partial charge in [0.25, 0.3) is 0 Å². The average Bonchev–Trinajstić information content (AvgIpc) is 3.33. The van der Waals surface area contributed by atoms with Gasteiger partial charge < -0.3 is 9.47 Å². The first-order chi connectivity index (χ1) is 13.6. The Kier molecular flexibility index (Phi) is 5.55. The topological polar surface area (TPSA) is 51.0 Å². The summed E-state index contributed by atoms with van der Waals surface area (Å²) in [6.45, 7) is 8.41. The molecule has 3 aromatic rings. The summed E-state index contributed by atoms with van der Waals surface area (Å²) in [5.41, 5.74) is 3.54. The Bertz CT molecular complexity index is 994. The molecule has 146 valence electrons. The van der Waals surface area contributed by atoms with E-state index >= 15 is 0 Å². The molecule has 28 heavy (non-hydrogen) atoms. The van der Waals surface area contributed by atoms with Gasteiger partial charge in [0.05, 0.1) is 5.25 Å². The average molecular weight is 413 g/mol.